The Kier molecular flexibility index (Phi) is 9.74. The number of hydrogen-bond donors (Lipinski definition) is 2. The highest BCUT2D eigenvalue weighted by atomic mass is 35.5. The van der Waals surface area contributed by atoms with Crippen molar-refractivity contribution in [1.29, 1.82) is 0 Å². The highest BCUT2D eigenvalue weighted by Gasteiger charge is 2.15. The fourth-order valence-corrected chi connectivity index (χ4v) is 4.15. The average molecular weight is 494 g/mol. The maximum absolute atomic E-state index is 12.5. The molecule has 0 aliphatic carbocycles. The van der Waals surface area contributed by atoms with Gasteiger partial charge in [-0.15, -0.1) is 0 Å². The summed E-state index contributed by atoms with van der Waals surface area (Å²) in [5.41, 5.74) is 3.64. The van der Waals surface area contributed by atoms with E-state index >= 15 is 0 Å². The number of carboxylic acids is 1. The monoisotopic (exact) mass is 493 g/mol. The molecule has 35 heavy (non-hydrogen) atoms. The summed E-state index contributed by atoms with van der Waals surface area (Å²) in [7, 11) is 0. The molecule has 0 atom stereocenters. The molecule has 0 saturated carbocycles. The second-order valence-electron chi connectivity index (χ2n) is 8.82. The number of Topliss-reactive ketones (excluding diaryl/α,β-unsaturated/α-hetero) is 1. The Morgan fingerprint density at radius 3 is 2.03 bits per heavy atom. The highest BCUT2D eigenvalue weighted by molar-refractivity contribution is 6.30. The molecule has 2 N–H and O–H groups in total. The van der Waals surface area contributed by atoms with Gasteiger partial charge in [0, 0.05) is 36.6 Å². The maximum atomic E-state index is 12.5. The minimum absolute atomic E-state index is 0.101. The van der Waals surface area contributed by atoms with Gasteiger partial charge < -0.3 is 15.1 Å². The molecule has 0 heterocycles. The number of carbonyl (C=O) groups excluding carboxylic acids is 1. The summed E-state index contributed by atoms with van der Waals surface area (Å²) < 4.78 is 0. The first-order valence-corrected chi connectivity index (χ1v) is 12.4. The second-order valence-corrected chi connectivity index (χ2v) is 9.26. The SMILES string of the molecule is CCCCCCN(Cc1ccc(CC(=O)Cc2ccc(Cl)cc2)cc1)c1ccc(O)c(C(=O)O)c1. The Morgan fingerprint density at radius 1 is 0.829 bits per heavy atom. The molecule has 0 spiro atoms. The van der Waals surface area contributed by atoms with E-state index < -0.39 is 5.97 Å². The molecule has 0 aromatic heterocycles. The Balaban J connectivity index is 1.67. The summed E-state index contributed by atoms with van der Waals surface area (Å²) in [5, 5.41) is 20.0. The number of unbranched alkanes of at least 4 members (excludes halogenated alkanes) is 3. The number of carboxylic acid groups (broad SMARTS) is 1. The van der Waals surface area contributed by atoms with Crippen LogP contribution in [0.15, 0.2) is 66.7 Å². The van der Waals surface area contributed by atoms with Crippen molar-refractivity contribution < 1.29 is 19.8 Å². The minimum Gasteiger partial charge on any atom is -0.507 e. The van der Waals surface area contributed by atoms with Crippen LogP contribution in [0, 0.1) is 0 Å². The third-order valence-corrected chi connectivity index (χ3v) is 6.22. The standard InChI is InChI=1S/C29H32ClNO4/c1-2-3-4-5-16-31(25-14-15-28(33)27(19-25)29(34)35)20-23-8-6-21(7-9-23)17-26(32)18-22-10-12-24(30)13-11-22/h6-15,19,33H,2-5,16-18,20H2,1H3,(H,34,35). The van der Waals surface area contributed by atoms with E-state index in [9.17, 15) is 19.8 Å². The zero-order valence-corrected chi connectivity index (χ0v) is 20.8. The molecule has 0 fully saturated rings. The quantitative estimate of drug-likeness (QED) is 0.259. The van der Waals surface area contributed by atoms with Gasteiger partial charge in [-0.05, 0) is 53.4 Å². The number of aromatic carboxylic acids is 1. The first-order valence-electron chi connectivity index (χ1n) is 12.0. The lowest BCUT2D eigenvalue weighted by atomic mass is 10.0. The molecule has 3 aromatic carbocycles. The number of phenols is 1. The van der Waals surface area contributed by atoms with Crippen LogP contribution >= 0.6 is 11.6 Å². The molecule has 3 aromatic rings. The lowest BCUT2D eigenvalue weighted by Crippen LogP contribution is -2.24. The first kappa shape index (κ1) is 26.3. The van der Waals surface area contributed by atoms with Gasteiger partial charge in [0.2, 0.25) is 0 Å². The van der Waals surface area contributed by atoms with Crippen LogP contribution in [0.1, 0.15) is 59.7 Å². The van der Waals surface area contributed by atoms with Gasteiger partial charge in [-0.2, -0.15) is 0 Å². The highest BCUT2D eigenvalue weighted by Crippen LogP contribution is 2.26. The van der Waals surface area contributed by atoms with Crippen LogP contribution in [-0.2, 0) is 24.2 Å². The molecule has 0 aliphatic heterocycles. The Labute approximate surface area is 212 Å². The number of benzene rings is 3. The van der Waals surface area contributed by atoms with E-state index in [4.69, 9.17) is 11.6 Å². The van der Waals surface area contributed by atoms with Gasteiger partial charge in [-0.3, -0.25) is 4.79 Å². The number of hydrogen-bond acceptors (Lipinski definition) is 4. The number of nitrogens with zero attached hydrogens (tertiary/aromatic N) is 1. The van der Waals surface area contributed by atoms with Crippen molar-refractivity contribution in [1.82, 2.24) is 0 Å². The van der Waals surface area contributed by atoms with Gasteiger partial charge in [0.05, 0.1) is 0 Å². The second kappa shape index (κ2) is 13.0. The fraction of sp³-hybridized carbons (Fsp3) is 0.310. The zero-order valence-electron chi connectivity index (χ0n) is 20.0. The lowest BCUT2D eigenvalue weighted by Gasteiger charge is -2.26. The van der Waals surface area contributed by atoms with Crippen LogP contribution in [-0.4, -0.2) is 28.5 Å². The molecule has 3 rings (SSSR count). The van der Waals surface area contributed by atoms with Crippen LogP contribution < -0.4 is 4.90 Å². The molecule has 0 unspecified atom stereocenters. The molecular formula is C29H32ClNO4. The molecule has 5 nitrogen and oxygen atoms in total. The van der Waals surface area contributed by atoms with E-state index in [2.05, 4.69) is 11.8 Å². The van der Waals surface area contributed by atoms with Crippen molar-refractivity contribution in [3.05, 3.63) is 94.0 Å². The number of ketones is 1. The van der Waals surface area contributed by atoms with Crippen LogP contribution in [0.3, 0.4) is 0 Å². The smallest absolute Gasteiger partial charge is 0.339 e. The predicted octanol–water partition coefficient (Wildman–Crippen LogP) is 6.69. The topological polar surface area (TPSA) is 77.8 Å². The van der Waals surface area contributed by atoms with E-state index in [0.717, 1.165) is 54.6 Å². The van der Waals surface area contributed by atoms with Crippen molar-refractivity contribution in [2.24, 2.45) is 0 Å². The van der Waals surface area contributed by atoms with Crippen molar-refractivity contribution in [3.8, 4) is 5.75 Å². The number of carbonyl (C=O) groups is 2. The molecule has 0 aliphatic rings. The number of anilines is 1. The van der Waals surface area contributed by atoms with Gasteiger partial charge in [-0.25, -0.2) is 4.79 Å². The summed E-state index contributed by atoms with van der Waals surface area (Å²) in [5.74, 6) is -1.24. The molecule has 184 valence electrons. The third-order valence-electron chi connectivity index (χ3n) is 5.97. The number of aromatic hydroxyl groups is 1. The molecule has 0 amide bonds. The Morgan fingerprint density at radius 2 is 1.43 bits per heavy atom. The lowest BCUT2D eigenvalue weighted by molar-refractivity contribution is -0.117. The van der Waals surface area contributed by atoms with Crippen LogP contribution in [0.4, 0.5) is 5.69 Å². The minimum atomic E-state index is -1.15. The summed E-state index contributed by atoms with van der Waals surface area (Å²) in [6.07, 6.45) is 5.13. The largest absolute Gasteiger partial charge is 0.507 e. The van der Waals surface area contributed by atoms with Crippen molar-refractivity contribution in [2.45, 2.75) is 52.0 Å². The van der Waals surface area contributed by atoms with Crippen LogP contribution in [0.25, 0.3) is 0 Å². The number of rotatable bonds is 13. The van der Waals surface area contributed by atoms with Crippen molar-refractivity contribution >= 4 is 29.0 Å². The van der Waals surface area contributed by atoms with E-state index in [1.165, 1.54) is 12.1 Å². The Bertz CT molecular complexity index is 1130. The van der Waals surface area contributed by atoms with Gasteiger partial charge >= 0.3 is 5.97 Å². The number of halogens is 1. The average Bonchev–Trinajstić information content (AvgIpc) is 2.84. The molecule has 0 radical (unpaired) electrons. The van der Waals surface area contributed by atoms with E-state index in [-0.39, 0.29) is 17.1 Å². The van der Waals surface area contributed by atoms with Gasteiger partial charge in [0.1, 0.15) is 17.1 Å². The van der Waals surface area contributed by atoms with Crippen LogP contribution in [0.5, 0.6) is 5.75 Å². The summed E-state index contributed by atoms with van der Waals surface area (Å²) in [6.45, 7) is 3.55. The van der Waals surface area contributed by atoms with E-state index in [1.807, 2.05) is 36.4 Å². The Hall–Kier alpha value is -3.31. The van der Waals surface area contributed by atoms with Crippen molar-refractivity contribution in [2.75, 3.05) is 11.4 Å². The van der Waals surface area contributed by atoms with Gasteiger partial charge in [0.15, 0.2) is 0 Å². The van der Waals surface area contributed by atoms with E-state index in [1.54, 1.807) is 18.2 Å². The summed E-state index contributed by atoms with van der Waals surface area (Å²) in [6, 6.07) is 20.0. The first-order chi connectivity index (χ1) is 16.9. The zero-order chi connectivity index (χ0) is 25.2. The third kappa shape index (κ3) is 8.15. The maximum Gasteiger partial charge on any atom is 0.339 e. The van der Waals surface area contributed by atoms with E-state index in [0.29, 0.717) is 24.4 Å². The molecule has 0 saturated heterocycles. The molecule has 6 heteroatoms. The predicted molar refractivity (Wildman–Crippen MR) is 141 cm³/mol. The van der Waals surface area contributed by atoms with Gasteiger partial charge in [0.25, 0.3) is 0 Å². The molecule has 0 bridgehead atoms. The fourth-order valence-electron chi connectivity index (χ4n) is 4.02. The molecular weight excluding hydrogens is 462 g/mol. The summed E-state index contributed by atoms with van der Waals surface area (Å²) in [4.78, 5) is 26.1. The summed E-state index contributed by atoms with van der Waals surface area (Å²) >= 11 is 5.91. The van der Waals surface area contributed by atoms with Crippen molar-refractivity contribution in [3.63, 3.8) is 0 Å². The normalized spacial score (nSPS) is 10.8. The van der Waals surface area contributed by atoms with Crippen LogP contribution in [0.2, 0.25) is 5.02 Å². The van der Waals surface area contributed by atoms with Gasteiger partial charge in [-0.1, -0.05) is 74.2 Å².